The molecule has 0 aromatic heterocycles. The van der Waals surface area contributed by atoms with E-state index in [1.165, 1.54) is 11.1 Å². The Morgan fingerprint density at radius 3 is 2.73 bits per heavy atom. The summed E-state index contributed by atoms with van der Waals surface area (Å²) < 4.78 is 0.367. The highest BCUT2D eigenvalue weighted by atomic mass is 127. The summed E-state index contributed by atoms with van der Waals surface area (Å²) >= 11 is 2.08. The van der Waals surface area contributed by atoms with Gasteiger partial charge in [0.1, 0.15) is 5.60 Å². The van der Waals surface area contributed by atoms with Crippen LogP contribution in [0.2, 0.25) is 0 Å². The number of halogens is 1. The highest BCUT2D eigenvalue weighted by Gasteiger charge is 2.64. The quantitative estimate of drug-likeness (QED) is 0.374. The molecule has 140 valence electrons. The Balaban J connectivity index is 1.79. The van der Waals surface area contributed by atoms with Crippen molar-refractivity contribution < 1.29 is 14.7 Å². The van der Waals surface area contributed by atoms with E-state index >= 15 is 0 Å². The number of carbonyl (C=O) groups excluding carboxylic acids is 2. The molecule has 0 spiro atoms. The van der Waals surface area contributed by atoms with Gasteiger partial charge in [0.25, 0.3) is 0 Å². The molecule has 0 radical (unpaired) electrons. The zero-order valence-electron chi connectivity index (χ0n) is 15.8. The predicted molar refractivity (Wildman–Crippen MR) is 110 cm³/mol. The third kappa shape index (κ3) is 2.15. The van der Waals surface area contributed by atoms with Crippen LogP contribution in [0.25, 0.3) is 0 Å². The zero-order chi connectivity index (χ0) is 18.9. The number of fused-ring (bicyclic) bond motifs is 5. The first-order valence-corrected chi connectivity index (χ1v) is 11.2. The maximum absolute atomic E-state index is 12.6. The smallest absolute Gasteiger partial charge is 0.178 e. The molecule has 0 aromatic rings. The van der Waals surface area contributed by atoms with Crippen molar-refractivity contribution in [2.24, 2.45) is 22.7 Å². The van der Waals surface area contributed by atoms with E-state index in [4.69, 9.17) is 0 Å². The fourth-order valence-corrected chi connectivity index (χ4v) is 7.08. The largest absolute Gasteiger partial charge is 0.381 e. The van der Waals surface area contributed by atoms with Crippen LogP contribution >= 0.6 is 22.6 Å². The second-order valence-electron chi connectivity index (χ2n) is 9.01. The fraction of sp³-hybridized carbons (Fsp3) is 0.636. The van der Waals surface area contributed by atoms with Gasteiger partial charge in [-0.15, -0.1) is 0 Å². The van der Waals surface area contributed by atoms with E-state index < -0.39 is 5.60 Å². The number of hydrogen-bond acceptors (Lipinski definition) is 3. The van der Waals surface area contributed by atoms with Gasteiger partial charge in [0.15, 0.2) is 11.6 Å². The van der Waals surface area contributed by atoms with Crippen LogP contribution < -0.4 is 0 Å². The first-order valence-electron chi connectivity index (χ1n) is 9.64. The van der Waals surface area contributed by atoms with E-state index in [-0.39, 0.29) is 22.4 Å². The van der Waals surface area contributed by atoms with Crippen molar-refractivity contribution in [3.8, 4) is 0 Å². The first-order chi connectivity index (χ1) is 12.2. The van der Waals surface area contributed by atoms with Crippen molar-refractivity contribution >= 4 is 34.2 Å². The van der Waals surface area contributed by atoms with Crippen molar-refractivity contribution in [2.45, 2.75) is 58.5 Å². The van der Waals surface area contributed by atoms with E-state index in [0.717, 1.165) is 31.3 Å². The summed E-state index contributed by atoms with van der Waals surface area (Å²) in [5.41, 5.74) is 2.08. The van der Waals surface area contributed by atoms with Gasteiger partial charge in [-0.1, -0.05) is 52.3 Å². The van der Waals surface area contributed by atoms with Crippen molar-refractivity contribution in [3.05, 3.63) is 34.9 Å². The molecule has 0 amide bonds. The first kappa shape index (κ1) is 18.6. The highest BCUT2D eigenvalue weighted by Crippen LogP contribution is 2.66. The van der Waals surface area contributed by atoms with Crippen molar-refractivity contribution in [1.82, 2.24) is 0 Å². The van der Waals surface area contributed by atoms with E-state index in [0.29, 0.717) is 22.7 Å². The molecule has 4 aliphatic rings. The molecule has 5 atom stereocenters. The molecule has 0 saturated heterocycles. The number of alkyl halides is 1. The van der Waals surface area contributed by atoms with E-state index in [1.807, 2.05) is 6.08 Å². The van der Waals surface area contributed by atoms with Gasteiger partial charge in [-0.05, 0) is 69.9 Å². The van der Waals surface area contributed by atoms with Crippen LogP contribution in [-0.2, 0) is 9.59 Å². The molecule has 0 unspecified atom stereocenters. The molecule has 0 aromatic carbocycles. The second-order valence-corrected chi connectivity index (χ2v) is 9.78. The maximum Gasteiger partial charge on any atom is 0.178 e. The van der Waals surface area contributed by atoms with Crippen LogP contribution in [0.15, 0.2) is 34.9 Å². The maximum atomic E-state index is 12.6. The van der Waals surface area contributed by atoms with Crippen LogP contribution in [0.5, 0.6) is 0 Å². The highest BCUT2D eigenvalue weighted by molar-refractivity contribution is 14.1. The van der Waals surface area contributed by atoms with Crippen molar-refractivity contribution in [1.29, 1.82) is 0 Å². The Bertz CT molecular complexity index is 791. The summed E-state index contributed by atoms with van der Waals surface area (Å²) in [4.78, 5) is 24.6. The number of Topliss-reactive ketones (excluding diaryl/α,β-unsaturated/α-hetero) is 1. The van der Waals surface area contributed by atoms with Gasteiger partial charge in [0.05, 0.1) is 4.43 Å². The molecular formula is C22H27IO3. The molecule has 4 heteroatoms. The van der Waals surface area contributed by atoms with Gasteiger partial charge < -0.3 is 5.11 Å². The van der Waals surface area contributed by atoms with Crippen molar-refractivity contribution in [2.75, 3.05) is 4.43 Å². The molecule has 0 aliphatic heterocycles. The molecule has 2 saturated carbocycles. The lowest BCUT2D eigenvalue weighted by molar-refractivity contribution is -0.149. The minimum absolute atomic E-state index is 0.0121. The standard InChI is InChI=1S/C22H27IO3/c1-13-10-15(24)11-14-4-5-16-17-7-9-22(26,19(25)12-23)20(17,2)8-6-18(16)21(13,14)3/h6,10-11,16-17,26H,4-5,7-9,12H2,1-3H3/t16-,17-,20-,21-,22-/m0/s1. The Hall–Kier alpha value is -0.750. The molecule has 26 heavy (non-hydrogen) atoms. The molecule has 4 aliphatic carbocycles. The number of rotatable bonds is 2. The van der Waals surface area contributed by atoms with Gasteiger partial charge in [-0.3, -0.25) is 9.59 Å². The van der Waals surface area contributed by atoms with Crippen LogP contribution in [0.3, 0.4) is 0 Å². The van der Waals surface area contributed by atoms with Crippen molar-refractivity contribution in [3.63, 3.8) is 0 Å². The molecule has 0 heterocycles. The Morgan fingerprint density at radius 1 is 1.31 bits per heavy atom. The average Bonchev–Trinajstić information content (AvgIpc) is 2.88. The molecule has 0 bridgehead atoms. The number of hydrogen-bond donors (Lipinski definition) is 1. The summed E-state index contributed by atoms with van der Waals surface area (Å²) in [5, 5.41) is 11.3. The number of carbonyl (C=O) groups is 2. The lowest BCUT2D eigenvalue weighted by Gasteiger charge is -2.54. The number of ketones is 2. The molecule has 4 rings (SSSR count). The summed E-state index contributed by atoms with van der Waals surface area (Å²) in [6.07, 6.45) is 10.1. The van der Waals surface area contributed by atoms with Gasteiger partial charge in [0, 0.05) is 10.8 Å². The number of aliphatic hydroxyl groups is 1. The number of allylic oxidation sites excluding steroid dienone is 6. The zero-order valence-corrected chi connectivity index (χ0v) is 17.9. The lowest BCUT2D eigenvalue weighted by Crippen LogP contribution is -2.55. The Morgan fingerprint density at radius 2 is 2.04 bits per heavy atom. The third-order valence-corrected chi connectivity index (χ3v) is 8.90. The summed E-state index contributed by atoms with van der Waals surface area (Å²) in [6.45, 7) is 6.46. The third-order valence-electron chi connectivity index (χ3n) is 8.20. The SMILES string of the molecule is CC1=CC(=O)C=C2CC[C@@H]3C(=CC[C@@]4(C)[C@H]3CC[C@]4(O)C(=O)CI)[C@@]12C. The van der Waals surface area contributed by atoms with E-state index in [2.05, 4.69) is 49.4 Å². The lowest BCUT2D eigenvalue weighted by atomic mass is 9.50. The van der Waals surface area contributed by atoms with Crippen LogP contribution in [-0.4, -0.2) is 26.7 Å². The Kier molecular flexibility index (Phi) is 4.20. The predicted octanol–water partition coefficient (Wildman–Crippen LogP) is 4.34. The van der Waals surface area contributed by atoms with Crippen LogP contribution in [0, 0.1) is 22.7 Å². The minimum atomic E-state index is -1.19. The topological polar surface area (TPSA) is 54.4 Å². The summed E-state index contributed by atoms with van der Waals surface area (Å²) in [5.74, 6) is 0.825. The van der Waals surface area contributed by atoms with E-state index in [9.17, 15) is 14.7 Å². The summed E-state index contributed by atoms with van der Waals surface area (Å²) in [6, 6.07) is 0. The van der Waals surface area contributed by atoms with Crippen LogP contribution in [0.4, 0.5) is 0 Å². The minimum Gasteiger partial charge on any atom is -0.381 e. The normalized spacial score (nSPS) is 44.3. The molecular weight excluding hydrogens is 439 g/mol. The van der Waals surface area contributed by atoms with E-state index in [1.54, 1.807) is 6.08 Å². The monoisotopic (exact) mass is 466 g/mol. The molecule has 3 nitrogen and oxygen atoms in total. The van der Waals surface area contributed by atoms with Gasteiger partial charge >= 0.3 is 0 Å². The average molecular weight is 466 g/mol. The van der Waals surface area contributed by atoms with Gasteiger partial charge in [0.2, 0.25) is 0 Å². The fourth-order valence-electron chi connectivity index (χ4n) is 6.45. The van der Waals surface area contributed by atoms with Gasteiger partial charge in [-0.25, -0.2) is 0 Å². The summed E-state index contributed by atoms with van der Waals surface area (Å²) in [7, 11) is 0. The van der Waals surface area contributed by atoms with Crippen LogP contribution in [0.1, 0.15) is 52.9 Å². The Labute approximate surface area is 169 Å². The van der Waals surface area contributed by atoms with Gasteiger partial charge in [-0.2, -0.15) is 0 Å². The second kappa shape index (κ2) is 5.87. The molecule has 1 N–H and O–H groups in total. The molecule has 2 fully saturated rings.